The van der Waals surface area contributed by atoms with Gasteiger partial charge < -0.3 is 15.0 Å². The van der Waals surface area contributed by atoms with Crippen molar-refractivity contribution in [2.45, 2.75) is 52.2 Å². The lowest BCUT2D eigenvalue weighted by atomic mass is 10.2. The molecule has 6 nitrogen and oxygen atoms in total. The van der Waals surface area contributed by atoms with Crippen molar-refractivity contribution in [3.8, 4) is 0 Å². The summed E-state index contributed by atoms with van der Waals surface area (Å²) in [5.41, 5.74) is -0.463. The van der Waals surface area contributed by atoms with Gasteiger partial charge in [-0.15, -0.1) is 10.2 Å². The third-order valence-electron chi connectivity index (χ3n) is 3.02. The number of carbonyl (C=O) groups excluding carboxylic acids is 1. The lowest BCUT2D eigenvalue weighted by molar-refractivity contribution is 0.0525. The fraction of sp³-hybridized carbons (Fsp3) is 0.769. The molecule has 0 bridgehead atoms. The van der Waals surface area contributed by atoms with Crippen molar-refractivity contribution in [3.63, 3.8) is 0 Å². The van der Waals surface area contributed by atoms with Gasteiger partial charge in [0.1, 0.15) is 10.6 Å². The Morgan fingerprint density at radius 3 is 2.85 bits per heavy atom. The predicted octanol–water partition coefficient (Wildman–Crippen LogP) is 2.34. The number of nitrogens with zero attached hydrogens (tertiary/aromatic N) is 3. The Labute approximate surface area is 123 Å². The molecule has 0 radical (unpaired) electrons. The van der Waals surface area contributed by atoms with E-state index in [1.54, 1.807) is 11.3 Å². The van der Waals surface area contributed by atoms with Gasteiger partial charge in [0.05, 0.1) is 0 Å². The summed E-state index contributed by atoms with van der Waals surface area (Å²) in [5, 5.41) is 13.0. The summed E-state index contributed by atoms with van der Waals surface area (Å²) in [6, 6.07) is 0.273. The number of carbonyl (C=O) groups is 1. The van der Waals surface area contributed by atoms with E-state index < -0.39 is 5.60 Å². The summed E-state index contributed by atoms with van der Waals surface area (Å²) in [5.74, 6) is 0. The highest BCUT2D eigenvalue weighted by molar-refractivity contribution is 7.15. The van der Waals surface area contributed by atoms with Crippen LogP contribution >= 0.6 is 11.3 Å². The number of anilines is 1. The fourth-order valence-corrected chi connectivity index (χ4v) is 3.00. The molecule has 1 amide bonds. The first-order valence-corrected chi connectivity index (χ1v) is 7.70. The van der Waals surface area contributed by atoms with E-state index in [4.69, 9.17) is 4.74 Å². The molecule has 1 atom stereocenters. The molecular weight excluding hydrogens is 276 g/mol. The maximum atomic E-state index is 11.7. The van der Waals surface area contributed by atoms with E-state index in [-0.39, 0.29) is 12.1 Å². The molecule has 1 aromatic rings. The molecule has 20 heavy (non-hydrogen) atoms. The van der Waals surface area contributed by atoms with Crippen LogP contribution in [0.2, 0.25) is 0 Å². The van der Waals surface area contributed by atoms with Crippen molar-refractivity contribution in [3.05, 3.63) is 5.01 Å². The molecule has 0 aliphatic carbocycles. The van der Waals surface area contributed by atoms with Crippen LogP contribution < -0.4 is 10.2 Å². The molecule has 7 heteroatoms. The standard InChI is InChI=1S/C13H22N4O2S/c1-9-15-16-11(20-9)17-7-5-6-10(17)8-14-12(18)19-13(2,3)4/h10H,5-8H2,1-4H3,(H,14,18). The van der Waals surface area contributed by atoms with E-state index in [9.17, 15) is 4.79 Å². The van der Waals surface area contributed by atoms with Crippen molar-refractivity contribution >= 4 is 22.6 Å². The van der Waals surface area contributed by atoms with E-state index in [0.717, 1.165) is 29.5 Å². The van der Waals surface area contributed by atoms with Gasteiger partial charge in [-0.05, 0) is 40.5 Å². The van der Waals surface area contributed by atoms with Gasteiger partial charge in [-0.25, -0.2) is 4.79 Å². The summed E-state index contributed by atoms with van der Waals surface area (Å²) >= 11 is 1.59. The first-order chi connectivity index (χ1) is 9.35. The van der Waals surface area contributed by atoms with Crippen LogP contribution in [0.4, 0.5) is 9.93 Å². The number of alkyl carbamates (subject to hydrolysis) is 1. The molecule has 1 aliphatic heterocycles. The number of nitrogens with one attached hydrogen (secondary N) is 1. The van der Waals surface area contributed by atoms with Crippen molar-refractivity contribution < 1.29 is 9.53 Å². The molecule has 1 N–H and O–H groups in total. The highest BCUT2D eigenvalue weighted by Gasteiger charge is 2.28. The van der Waals surface area contributed by atoms with E-state index in [2.05, 4.69) is 20.4 Å². The average molecular weight is 298 g/mol. The molecule has 0 spiro atoms. The SMILES string of the molecule is Cc1nnc(N2CCCC2CNC(=O)OC(C)(C)C)s1. The minimum Gasteiger partial charge on any atom is -0.444 e. The third-order valence-corrected chi connectivity index (χ3v) is 3.89. The van der Waals surface area contributed by atoms with Crippen LogP contribution in [0.15, 0.2) is 0 Å². The molecule has 112 valence electrons. The summed E-state index contributed by atoms with van der Waals surface area (Å²) in [6.45, 7) is 9.07. The Kier molecular flexibility index (Phi) is 4.47. The molecule has 1 saturated heterocycles. The topological polar surface area (TPSA) is 67.4 Å². The number of aromatic nitrogens is 2. The molecular formula is C13H22N4O2S. The zero-order chi connectivity index (χ0) is 14.8. The van der Waals surface area contributed by atoms with Gasteiger partial charge in [-0.2, -0.15) is 0 Å². The van der Waals surface area contributed by atoms with E-state index in [1.165, 1.54) is 0 Å². The van der Waals surface area contributed by atoms with Crippen LogP contribution in [-0.2, 0) is 4.74 Å². The number of aryl methyl sites for hydroxylation is 1. The van der Waals surface area contributed by atoms with Crippen LogP contribution in [-0.4, -0.2) is 41.0 Å². The van der Waals surface area contributed by atoms with Gasteiger partial charge in [0.15, 0.2) is 0 Å². The molecule has 2 rings (SSSR count). The second-order valence-corrected chi connectivity index (χ2v) is 7.14. The molecule has 1 aliphatic rings. The predicted molar refractivity (Wildman–Crippen MR) is 79.3 cm³/mol. The molecule has 0 aromatic carbocycles. The van der Waals surface area contributed by atoms with Crippen LogP contribution in [0.5, 0.6) is 0 Å². The Bertz CT molecular complexity index is 469. The Morgan fingerprint density at radius 1 is 1.50 bits per heavy atom. The third kappa shape index (κ3) is 4.06. The first-order valence-electron chi connectivity index (χ1n) is 6.89. The molecule has 1 aromatic heterocycles. The van der Waals surface area contributed by atoms with Gasteiger partial charge in [0.25, 0.3) is 0 Å². The first kappa shape index (κ1) is 15.0. The number of rotatable bonds is 3. The molecule has 1 fully saturated rings. The van der Waals surface area contributed by atoms with Gasteiger partial charge in [-0.3, -0.25) is 0 Å². The van der Waals surface area contributed by atoms with Crippen LogP contribution in [0, 0.1) is 6.92 Å². The highest BCUT2D eigenvalue weighted by atomic mass is 32.1. The van der Waals surface area contributed by atoms with Crippen molar-refractivity contribution in [2.24, 2.45) is 0 Å². The van der Waals surface area contributed by atoms with E-state index >= 15 is 0 Å². The summed E-state index contributed by atoms with van der Waals surface area (Å²) in [6.07, 6.45) is 1.80. The van der Waals surface area contributed by atoms with Crippen LogP contribution in [0.3, 0.4) is 0 Å². The molecule has 0 saturated carbocycles. The minimum absolute atomic E-state index is 0.273. The smallest absolute Gasteiger partial charge is 0.407 e. The Hall–Kier alpha value is -1.37. The number of hydrogen-bond donors (Lipinski definition) is 1. The van der Waals surface area contributed by atoms with Gasteiger partial charge in [0.2, 0.25) is 5.13 Å². The Balaban J connectivity index is 1.87. The monoisotopic (exact) mass is 298 g/mol. The molecule has 1 unspecified atom stereocenters. The van der Waals surface area contributed by atoms with Gasteiger partial charge >= 0.3 is 6.09 Å². The summed E-state index contributed by atoms with van der Waals surface area (Å²) in [7, 11) is 0. The molecule has 2 heterocycles. The second kappa shape index (κ2) is 5.95. The van der Waals surface area contributed by atoms with E-state index in [1.807, 2.05) is 27.7 Å². The minimum atomic E-state index is -0.463. The van der Waals surface area contributed by atoms with Crippen molar-refractivity contribution in [1.82, 2.24) is 15.5 Å². The Morgan fingerprint density at radius 2 is 2.25 bits per heavy atom. The fourth-order valence-electron chi connectivity index (χ4n) is 2.22. The lowest BCUT2D eigenvalue weighted by Crippen LogP contribution is -2.42. The quantitative estimate of drug-likeness (QED) is 0.927. The lowest BCUT2D eigenvalue weighted by Gasteiger charge is -2.25. The summed E-state index contributed by atoms with van der Waals surface area (Å²) in [4.78, 5) is 13.9. The average Bonchev–Trinajstić information content (AvgIpc) is 2.92. The number of hydrogen-bond acceptors (Lipinski definition) is 6. The van der Waals surface area contributed by atoms with Crippen molar-refractivity contribution in [2.75, 3.05) is 18.0 Å². The second-order valence-electron chi connectivity index (χ2n) is 5.98. The number of ether oxygens (including phenoxy) is 1. The summed E-state index contributed by atoms with van der Waals surface area (Å²) < 4.78 is 5.25. The normalized spacial score (nSPS) is 19.2. The maximum absolute atomic E-state index is 11.7. The number of amides is 1. The van der Waals surface area contributed by atoms with E-state index in [0.29, 0.717) is 6.54 Å². The van der Waals surface area contributed by atoms with Gasteiger partial charge in [-0.1, -0.05) is 11.3 Å². The maximum Gasteiger partial charge on any atom is 0.407 e. The van der Waals surface area contributed by atoms with Crippen LogP contribution in [0.25, 0.3) is 0 Å². The van der Waals surface area contributed by atoms with Crippen molar-refractivity contribution in [1.29, 1.82) is 0 Å². The zero-order valence-corrected chi connectivity index (χ0v) is 13.3. The van der Waals surface area contributed by atoms with Gasteiger partial charge in [0, 0.05) is 19.1 Å². The largest absolute Gasteiger partial charge is 0.444 e. The highest BCUT2D eigenvalue weighted by Crippen LogP contribution is 2.27. The zero-order valence-electron chi connectivity index (χ0n) is 12.5. The van der Waals surface area contributed by atoms with Crippen LogP contribution in [0.1, 0.15) is 38.6 Å².